The van der Waals surface area contributed by atoms with Crippen LogP contribution in [-0.2, 0) is 31.7 Å². The number of nitrogen functional groups attached to an aromatic ring is 1. The summed E-state index contributed by atoms with van der Waals surface area (Å²) in [6.45, 7) is 4.72. The summed E-state index contributed by atoms with van der Waals surface area (Å²) in [5, 5.41) is 4.18. The third-order valence-corrected chi connectivity index (χ3v) is 12.1. The van der Waals surface area contributed by atoms with Gasteiger partial charge < -0.3 is 34.8 Å². The fourth-order valence-electron chi connectivity index (χ4n) is 8.33. The lowest BCUT2D eigenvalue weighted by atomic mass is 9.78. The van der Waals surface area contributed by atoms with Crippen LogP contribution in [0, 0.1) is 11.8 Å². The van der Waals surface area contributed by atoms with Crippen LogP contribution in [0.5, 0.6) is 0 Å². The third-order valence-electron chi connectivity index (χ3n) is 11.8. The molecule has 0 unspecified atom stereocenters. The first-order valence-electron chi connectivity index (χ1n) is 20.3. The average molecular weight is 847 g/mol. The SMILES string of the molecule is CN(C)CCOC(=O)CCN1CCC(C2CCN(C(=O)[C@@H](Cc3cc(Cl)c(N)c(C(F)(F)F)c3)OC(=O)N3CCC(n4nc(-c5ccccc5)[nH]c4=O)CC3)CC2)CC1. The molecule has 6 rings (SSSR count). The van der Waals surface area contributed by atoms with E-state index in [-0.39, 0.29) is 47.8 Å². The van der Waals surface area contributed by atoms with Crippen molar-refractivity contribution >= 4 is 35.3 Å². The van der Waals surface area contributed by atoms with Gasteiger partial charge in [0, 0.05) is 51.3 Å². The lowest BCUT2D eigenvalue weighted by molar-refractivity contribution is -0.144. The van der Waals surface area contributed by atoms with Gasteiger partial charge in [0.25, 0.3) is 5.91 Å². The van der Waals surface area contributed by atoms with Crippen molar-refractivity contribution in [1.82, 2.24) is 34.4 Å². The van der Waals surface area contributed by atoms with E-state index in [0.717, 1.165) is 50.4 Å². The number of aromatic nitrogens is 3. The minimum absolute atomic E-state index is 0.0528. The molecule has 3 aliphatic heterocycles. The number of carbonyl (C=O) groups is 3. The van der Waals surface area contributed by atoms with Crippen LogP contribution in [-0.4, -0.2) is 131 Å². The van der Waals surface area contributed by atoms with E-state index < -0.39 is 35.5 Å². The number of halogens is 4. The number of rotatable bonds is 13. The maximum atomic E-state index is 14.2. The number of hydrogen-bond donors (Lipinski definition) is 2. The Kier molecular flexibility index (Phi) is 14.6. The van der Waals surface area contributed by atoms with Crippen LogP contribution in [0.1, 0.15) is 62.1 Å². The van der Waals surface area contributed by atoms with Crippen molar-refractivity contribution in [3.63, 3.8) is 0 Å². The largest absolute Gasteiger partial charge is 0.464 e. The first-order chi connectivity index (χ1) is 28.2. The quantitative estimate of drug-likeness (QED) is 0.170. The highest BCUT2D eigenvalue weighted by Gasteiger charge is 2.38. The highest BCUT2D eigenvalue weighted by atomic mass is 35.5. The standard InChI is InChI=1S/C41H54ClF3N8O6/c1-49(2)22-23-58-35(54)14-17-50-15-8-28(9-16-50)29-10-18-51(19-11-29)38(55)34(26-27-24-32(41(43,44)45)36(46)33(42)25-27)59-40(57)52-20-12-31(13-21-52)53-39(56)47-37(48-53)30-6-4-3-5-7-30/h3-7,24-25,28-29,31,34H,8-23,26,46H2,1-2H3,(H,47,48,56)/t34-/m1/s1. The number of nitrogens with one attached hydrogen (secondary N) is 1. The number of benzene rings is 2. The molecule has 2 amide bonds. The number of nitrogens with two attached hydrogens (primary N) is 1. The number of amides is 2. The molecule has 0 radical (unpaired) electrons. The molecule has 3 aromatic rings. The molecule has 2 aromatic carbocycles. The van der Waals surface area contributed by atoms with Gasteiger partial charge in [-0.25, -0.2) is 14.3 Å². The second-order valence-corrected chi connectivity index (χ2v) is 16.4. The summed E-state index contributed by atoms with van der Waals surface area (Å²) in [5.74, 6) is 0.604. The Bertz CT molecular complexity index is 1950. The molecule has 0 spiro atoms. The van der Waals surface area contributed by atoms with Crippen molar-refractivity contribution < 1.29 is 37.0 Å². The maximum Gasteiger partial charge on any atom is 0.418 e. The fourth-order valence-corrected chi connectivity index (χ4v) is 8.57. The van der Waals surface area contributed by atoms with Gasteiger partial charge in [-0.15, -0.1) is 5.10 Å². The third kappa shape index (κ3) is 11.6. The van der Waals surface area contributed by atoms with Crippen molar-refractivity contribution in [2.75, 3.05) is 78.8 Å². The molecule has 0 aliphatic carbocycles. The molecule has 3 aliphatic rings. The number of ether oxygens (including phenoxy) is 2. The highest BCUT2D eigenvalue weighted by Crippen LogP contribution is 2.39. The lowest BCUT2D eigenvalue weighted by Crippen LogP contribution is -2.49. The van der Waals surface area contributed by atoms with Crippen molar-refractivity contribution in [2.24, 2.45) is 11.8 Å². The molecule has 322 valence electrons. The van der Waals surface area contributed by atoms with E-state index in [9.17, 15) is 32.3 Å². The Hall–Kier alpha value is -4.61. The smallest absolute Gasteiger partial charge is 0.418 e. The zero-order valence-electron chi connectivity index (χ0n) is 33.6. The van der Waals surface area contributed by atoms with Gasteiger partial charge >= 0.3 is 23.9 Å². The predicted octanol–water partition coefficient (Wildman–Crippen LogP) is 5.32. The zero-order valence-corrected chi connectivity index (χ0v) is 34.3. The number of nitrogens with zero attached hydrogens (tertiary/aromatic N) is 6. The summed E-state index contributed by atoms with van der Waals surface area (Å²) in [6.07, 6.45) is -2.74. The van der Waals surface area contributed by atoms with Gasteiger partial charge in [-0.3, -0.25) is 14.6 Å². The molecule has 18 heteroatoms. The molecule has 1 aromatic heterocycles. The van der Waals surface area contributed by atoms with E-state index in [1.807, 2.05) is 49.3 Å². The van der Waals surface area contributed by atoms with Gasteiger partial charge in [0.2, 0.25) is 0 Å². The van der Waals surface area contributed by atoms with Gasteiger partial charge in [-0.1, -0.05) is 41.9 Å². The van der Waals surface area contributed by atoms with Crippen molar-refractivity contribution in [2.45, 2.75) is 69.7 Å². The first kappa shape index (κ1) is 44.0. The average Bonchev–Trinajstić information content (AvgIpc) is 3.62. The van der Waals surface area contributed by atoms with Crippen molar-refractivity contribution in [3.05, 3.63) is 69.1 Å². The van der Waals surface area contributed by atoms with Crippen LogP contribution in [0.2, 0.25) is 5.02 Å². The minimum atomic E-state index is -4.79. The van der Waals surface area contributed by atoms with Gasteiger partial charge in [-0.2, -0.15) is 13.2 Å². The van der Waals surface area contributed by atoms with E-state index in [1.165, 1.54) is 15.6 Å². The molecule has 3 N–H and O–H groups in total. The van der Waals surface area contributed by atoms with Gasteiger partial charge in [0.1, 0.15) is 6.61 Å². The summed E-state index contributed by atoms with van der Waals surface area (Å²) in [7, 11) is 3.85. The van der Waals surface area contributed by atoms with Crippen LogP contribution in [0.3, 0.4) is 0 Å². The number of likely N-dealkylation sites (tertiary alicyclic amines) is 3. The van der Waals surface area contributed by atoms with E-state index >= 15 is 0 Å². The first-order valence-corrected chi connectivity index (χ1v) is 20.7. The number of alkyl halides is 3. The molecular weight excluding hydrogens is 793 g/mol. The number of hydrogen-bond acceptors (Lipinski definition) is 10. The summed E-state index contributed by atoms with van der Waals surface area (Å²) in [4.78, 5) is 62.9. The van der Waals surface area contributed by atoms with Gasteiger partial charge in [-0.05, 0) is 95.2 Å². The number of H-pyrrole nitrogens is 1. The fraction of sp³-hybridized carbons (Fsp3) is 0.585. The maximum absolute atomic E-state index is 14.2. The molecule has 0 bridgehead atoms. The number of anilines is 1. The van der Waals surface area contributed by atoms with E-state index in [4.69, 9.17) is 26.8 Å². The Balaban J connectivity index is 1.06. The van der Waals surface area contributed by atoms with E-state index in [1.54, 1.807) is 4.90 Å². The number of aromatic amines is 1. The van der Waals surface area contributed by atoms with Crippen LogP contribution < -0.4 is 11.4 Å². The number of likely N-dealkylation sites (N-methyl/N-ethyl adjacent to an activating group) is 1. The van der Waals surface area contributed by atoms with Gasteiger partial charge in [0.15, 0.2) is 11.9 Å². The second kappa shape index (κ2) is 19.6. The van der Waals surface area contributed by atoms with E-state index in [2.05, 4.69) is 15.0 Å². The highest BCUT2D eigenvalue weighted by molar-refractivity contribution is 6.33. The summed E-state index contributed by atoms with van der Waals surface area (Å²) in [6, 6.07) is 11.1. The molecule has 0 saturated carbocycles. The molecule has 3 fully saturated rings. The Morgan fingerprint density at radius 1 is 0.949 bits per heavy atom. The molecule has 3 saturated heterocycles. The molecule has 4 heterocycles. The molecular formula is C41H54ClF3N8O6. The Morgan fingerprint density at radius 2 is 1.58 bits per heavy atom. The number of esters is 1. The van der Waals surface area contributed by atoms with E-state index in [0.29, 0.717) is 69.7 Å². The van der Waals surface area contributed by atoms with Gasteiger partial charge in [0.05, 0.1) is 28.7 Å². The summed E-state index contributed by atoms with van der Waals surface area (Å²) >= 11 is 6.14. The summed E-state index contributed by atoms with van der Waals surface area (Å²) in [5.41, 5.74) is 4.38. The van der Waals surface area contributed by atoms with Crippen LogP contribution in [0.15, 0.2) is 47.3 Å². The van der Waals surface area contributed by atoms with Crippen LogP contribution >= 0.6 is 11.6 Å². The van der Waals surface area contributed by atoms with Crippen molar-refractivity contribution in [3.8, 4) is 11.4 Å². The lowest BCUT2D eigenvalue weighted by Gasteiger charge is -2.41. The Labute approximate surface area is 346 Å². The molecule has 14 nitrogen and oxygen atoms in total. The zero-order chi connectivity index (χ0) is 42.3. The minimum Gasteiger partial charge on any atom is -0.464 e. The monoisotopic (exact) mass is 846 g/mol. The summed E-state index contributed by atoms with van der Waals surface area (Å²) < 4.78 is 54.3. The molecule has 59 heavy (non-hydrogen) atoms. The number of carbonyl (C=O) groups excluding carboxylic acids is 3. The van der Waals surface area contributed by atoms with Crippen molar-refractivity contribution in [1.29, 1.82) is 0 Å². The topological polar surface area (TPSA) is 159 Å². The number of piperidine rings is 3. The van der Waals surface area contributed by atoms with Crippen LogP contribution in [0.25, 0.3) is 11.4 Å². The normalized spacial score (nSPS) is 18.3. The second-order valence-electron chi connectivity index (χ2n) is 16.0. The van der Waals surface area contributed by atoms with Crippen LogP contribution in [0.4, 0.5) is 23.7 Å². The predicted molar refractivity (Wildman–Crippen MR) is 216 cm³/mol. The Morgan fingerprint density at radius 3 is 2.20 bits per heavy atom. The molecule has 1 atom stereocenters.